The average molecular weight is 398 g/mol. The van der Waals surface area contributed by atoms with Crippen LogP contribution in [0.3, 0.4) is 0 Å². The lowest BCUT2D eigenvalue weighted by Gasteiger charge is -2.32. The Balaban J connectivity index is 0.00000364. The number of carbonyl (C=O) groups is 1. The Kier molecular flexibility index (Phi) is 10.7. The zero-order valence-electron chi connectivity index (χ0n) is 17.3. The molecule has 0 bridgehead atoms. The molecule has 1 heterocycles. The maximum Gasteiger partial charge on any atom is 0.236 e. The molecule has 0 aromatic heterocycles. The normalized spacial score (nSPS) is 15.3. The molecule has 0 aliphatic carbocycles. The second kappa shape index (κ2) is 12.2. The number of likely N-dealkylation sites (N-methyl/N-ethyl adjacent to an activating group) is 1. The van der Waals surface area contributed by atoms with Crippen molar-refractivity contribution in [2.24, 2.45) is 5.92 Å². The highest BCUT2D eigenvalue weighted by Gasteiger charge is 2.21. The number of halogens is 1. The van der Waals surface area contributed by atoms with E-state index in [1.54, 1.807) is 4.90 Å². The molecule has 1 N–H and O–H groups in total. The molecule has 1 fully saturated rings. The average Bonchev–Trinajstić information content (AvgIpc) is 2.60. The molecule has 1 aromatic carbocycles. The zero-order chi connectivity index (χ0) is 18.9. The van der Waals surface area contributed by atoms with Crippen LogP contribution in [-0.2, 0) is 4.79 Å². The van der Waals surface area contributed by atoms with E-state index in [0.29, 0.717) is 19.7 Å². The Bertz CT molecular complexity index is 554. The molecular formula is C21H36ClN3O2. The third-order valence-electron chi connectivity index (χ3n) is 5.18. The maximum absolute atomic E-state index is 12.4. The second-order valence-electron chi connectivity index (χ2n) is 7.60. The van der Waals surface area contributed by atoms with Crippen molar-refractivity contribution < 1.29 is 9.53 Å². The van der Waals surface area contributed by atoms with E-state index >= 15 is 0 Å². The van der Waals surface area contributed by atoms with Gasteiger partial charge in [0.1, 0.15) is 12.4 Å². The van der Waals surface area contributed by atoms with Crippen molar-refractivity contribution in [3.63, 3.8) is 0 Å². The van der Waals surface area contributed by atoms with Crippen LogP contribution in [0.1, 0.15) is 30.4 Å². The van der Waals surface area contributed by atoms with Crippen LogP contribution < -0.4 is 10.1 Å². The molecule has 0 unspecified atom stereocenters. The van der Waals surface area contributed by atoms with Gasteiger partial charge in [-0.15, -0.1) is 12.4 Å². The van der Waals surface area contributed by atoms with Gasteiger partial charge in [0, 0.05) is 7.05 Å². The number of aryl methyl sites for hydroxylation is 2. The van der Waals surface area contributed by atoms with Gasteiger partial charge >= 0.3 is 0 Å². The number of benzene rings is 1. The number of carbonyl (C=O) groups excluding carboxylic acids is 1. The number of hydrogen-bond donors (Lipinski definition) is 1. The van der Waals surface area contributed by atoms with E-state index in [2.05, 4.69) is 30.1 Å². The first kappa shape index (κ1) is 23.7. The lowest BCUT2D eigenvalue weighted by molar-refractivity contribution is -0.131. The lowest BCUT2D eigenvalue weighted by atomic mass is 9.93. The van der Waals surface area contributed by atoms with Gasteiger partial charge in [0.25, 0.3) is 0 Å². The first-order chi connectivity index (χ1) is 12.5. The fraction of sp³-hybridized carbons (Fsp3) is 0.667. The number of ether oxygens (including phenoxy) is 1. The number of likely N-dealkylation sites (tertiary alicyclic amines) is 1. The van der Waals surface area contributed by atoms with Crippen molar-refractivity contribution >= 4 is 18.3 Å². The van der Waals surface area contributed by atoms with Gasteiger partial charge in [-0.2, -0.15) is 0 Å². The van der Waals surface area contributed by atoms with Gasteiger partial charge in [0.15, 0.2) is 0 Å². The van der Waals surface area contributed by atoms with E-state index in [1.165, 1.54) is 30.4 Å². The molecule has 1 aromatic rings. The molecule has 0 saturated carbocycles. The molecule has 1 aliphatic rings. The third kappa shape index (κ3) is 8.50. The van der Waals surface area contributed by atoms with Crippen molar-refractivity contribution in [2.45, 2.75) is 33.1 Å². The predicted molar refractivity (Wildman–Crippen MR) is 114 cm³/mol. The third-order valence-corrected chi connectivity index (χ3v) is 5.18. The minimum absolute atomic E-state index is 0. The van der Waals surface area contributed by atoms with Crippen molar-refractivity contribution in [2.75, 3.05) is 53.4 Å². The van der Waals surface area contributed by atoms with E-state index in [-0.39, 0.29) is 18.3 Å². The Morgan fingerprint density at radius 1 is 1.22 bits per heavy atom. The van der Waals surface area contributed by atoms with Crippen LogP contribution in [0.25, 0.3) is 0 Å². The Labute approximate surface area is 170 Å². The van der Waals surface area contributed by atoms with E-state index in [9.17, 15) is 4.79 Å². The summed E-state index contributed by atoms with van der Waals surface area (Å²) in [5, 5.41) is 3.22. The minimum atomic E-state index is 0. The molecule has 0 spiro atoms. The summed E-state index contributed by atoms with van der Waals surface area (Å²) in [5.41, 5.74) is 2.39. The fourth-order valence-electron chi connectivity index (χ4n) is 3.54. The van der Waals surface area contributed by atoms with Crippen LogP contribution in [0.15, 0.2) is 18.2 Å². The molecule has 1 saturated heterocycles. The van der Waals surface area contributed by atoms with Gasteiger partial charge in [-0.25, -0.2) is 0 Å². The van der Waals surface area contributed by atoms with Crippen LogP contribution in [0.4, 0.5) is 0 Å². The van der Waals surface area contributed by atoms with Crippen LogP contribution in [0.5, 0.6) is 5.75 Å². The quantitative estimate of drug-likeness (QED) is 0.695. The van der Waals surface area contributed by atoms with E-state index in [4.69, 9.17) is 4.74 Å². The van der Waals surface area contributed by atoms with Crippen molar-refractivity contribution in [1.29, 1.82) is 0 Å². The topological polar surface area (TPSA) is 44.8 Å². The first-order valence-corrected chi connectivity index (χ1v) is 9.80. The lowest BCUT2D eigenvalue weighted by Crippen LogP contribution is -2.43. The molecule has 0 radical (unpaired) electrons. The predicted octanol–water partition coefficient (Wildman–Crippen LogP) is 2.88. The first-order valence-electron chi connectivity index (χ1n) is 9.80. The molecule has 27 heavy (non-hydrogen) atoms. The van der Waals surface area contributed by atoms with Gasteiger partial charge < -0.3 is 15.0 Å². The molecule has 154 valence electrons. The number of amides is 1. The molecule has 6 heteroatoms. The smallest absolute Gasteiger partial charge is 0.236 e. The van der Waals surface area contributed by atoms with E-state index in [1.807, 2.05) is 26.2 Å². The van der Waals surface area contributed by atoms with Gasteiger partial charge in [-0.05, 0) is 89.0 Å². The number of piperidine rings is 1. The second-order valence-corrected chi connectivity index (χ2v) is 7.60. The van der Waals surface area contributed by atoms with Gasteiger partial charge in [-0.3, -0.25) is 9.69 Å². The summed E-state index contributed by atoms with van der Waals surface area (Å²) in [4.78, 5) is 16.5. The summed E-state index contributed by atoms with van der Waals surface area (Å²) in [6.07, 6.45) is 3.65. The van der Waals surface area contributed by atoms with E-state index < -0.39 is 0 Å². The summed E-state index contributed by atoms with van der Waals surface area (Å²) in [6, 6.07) is 6.20. The molecular weight excluding hydrogens is 362 g/mol. The number of nitrogens with one attached hydrogen (secondary N) is 1. The van der Waals surface area contributed by atoms with Gasteiger partial charge in [0.05, 0.1) is 13.1 Å². The zero-order valence-corrected chi connectivity index (χ0v) is 18.1. The molecule has 2 rings (SSSR count). The Morgan fingerprint density at radius 2 is 1.85 bits per heavy atom. The standard InChI is InChI=1S/C21H35N3O2.ClH/c1-17-13-18(2)15-20(14-17)26-12-11-23(4)21(25)16-24-9-6-19(7-10-24)5-8-22-3;/h13-15,19,22H,5-12,16H2,1-4H3;1H. The summed E-state index contributed by atoms with van der Waals surface area (Å²) >= 11 is 0. The van der Waals surface area contributed by atoms with Gasteiger partial charge in [0.2, 0.25) is 5.91 Å². The molecule has 1 aliphatic heterocycles. The minimum Gasteiger partial charge on any atom is -0.492 e. The Morgan fingerprint density at radius 3 is 2.44 bits per heavy atom. The van der Waals surface area contributed by atoms with E-state index in [0.717, 1.165) is 31.3 Å². The van der Waals surface area contributed by atoms with Crippen molar-refractivity contribution in [3.05, 3.63) is 29.3 Å². The van der Waals surface area contributed by atoms with Crippen molar-refractivity contribution in [1.82, 2.24) is 15.1 Å². The largest absolute Gasteiger partial charge is 0.492 e. The molecule has 0 atom stereocenters. The van der Waals surface area contributed by atoms with Crippen molar-refractivity contribution in [3.8, 4) is 5.75 Å². The van der Waals surface area contributed by atoms with Crippen LogP contribution >= 0.6 is 12.4 Å². The monoisotopic (exact) mass is 397 g/mol. The summed E-state index contributed by atoms with van der Waals surface area (Å²) < 4.78 is 5.82. The molecule has 1 amide bonds. The maximum atomic E-state index is 12.4. The number of rotatable bonds is 9. The highest BCUT2D eigenvalue weighted by molar-refractivity contribution is 5.85. The fourth-order valence-corrected chi connectivity index (χ4v) is 3.54. The summed E-state index contributed by atoms with van der Waals surface area (Å²) in [5.74, 6) is 1.87. The van der Waals surface area contributed by atoms with Crippen LogP contribution in [-0.4, -0.2) is 69.1 Å². The van der Waals surface area contributed by atoms with Crippen LogP contribution in [0.2, 0.25) is 0 Å². The van der Waals surface area contributed by atoms with Crippen LogP contribution in [0, 0.1) is 19.8 Å². The Hall–Kier alpha value is -1.30. The SMILES string of the molecule is CNCCC1CCN(CC(=O)N(C)CCOc2cc(C)cc(C)c2)CC1.Cl. The number of nitrogens with zero attached hydrogens (tertiary/aromatic N) is 2. The highest BCUT2D eigenvalue weighted by atomic mass is 35.5. The summed E-state index contributed by atoms with van der Waals surface area (Å²) in [7, 11) is 3.88. The molecule has 5 nitrogen and oxygen atoms in total. The number of hydrogen-bond acceptors (Lipinski definition) is 4. The highest BCUT2D eigenvalue weighted by Crippen LogP contribution is 2.20. The summed E-state index contributed by atoms with van der Waals surface area (Å²) in [6.45, 7) is 8.96. The van der Waals surface area contributed by atoms with Gasteiger partial charge in [-0.1, -0.05) is 6.07 Å².